The van der Waals surface area contributed by atoms with E-state index < -0.39 is 22.1 Å². The van der Waals surface area contributed by atoms with Gasteiger partial charge in [0.05, 0.1) is 27.8 Å². The minimum Gasteiger partial charge on any atom is -0.366 e. The van der Waals surface area contributed by atoms with Gasteiger partial charge in [-0.15, -0.1) is 0 Å². The Labute approximate surface area is 157 Å². The van der Waals surface area contributed by atoms with Crippen LogP contribution in [0.25, 0.3) is 10.9 Å². The summed E-state index contributed by atoms with van der Waals surface area (Å²) < 4.78 is 27.5. The molecule has 1 N–H and O–H groups in total. The molecule has 1 aliphatic heterocycles. The maximum Gasteiger partial charge on any atom is 0.293 e. The highest BCUT2D eigenvalue weighted by molar-refractivity contribution is 5.87. The molecule has 144 valence electrons. The zero-order valence-electron chi connectivity index (χ0n) is 14.6. The van der Waals surface area contributed by atoms with Crippen molar-refractivity contribution in [2.75, 3.05) is 36.0 Å². The Bertz CT molecular complexity index is 1130. The number of nitrogens with one attached hydrogen (secondary N) is 1. The van der Waals surface area contributed by atoms with E-state index in [2.05, 4.69) is 9.97 Å². The third-order valence-corrected chi connectivity index (χ3v) is 4.80. The maximum absolute atomic E-state index is 14.0. The van der Waals surface area contributed by atoms with Crippen LogP contribution in [0.4, 0.5) is 25.8 Å². The molecule has 0 saturated carbocycles. The summed E-state index contributed by atoms with van der Waals surface area (Å²) in [5.41, 5.74) is 0.209. The van der Waals surface area contributed by atoms with Gasteiger partial charge in [0.2, 0.25) is 0 Å². The van der Waals surface area contributed by atoms with Gasteiger partial charge in [0.1, 0.15) is 17.3 Å². The van der Waals surface area contributed by atoms with Gasteiger partial charge in [0, 0.05) is 38.3 Å². The molecular weight excluding hydrogens is 372 g/mol. The molecule has 4 rings (SSSR count). The van der Waals surface area contributed by atoms with Crippen LogP contribution < -0.4 is 15.4 Å². The average molecular weight is 387 g/mol. The molecule has 0 bridgehead atoms. The summed E-state index contributed by atoms with van der Waals surface area (Å²) in [5.74, 6) is -1.05. The molecule has 0 aliphatic carbocycles. The number of hydrogen-bond donors (Lipinski definition) is 1. The van der Waals surface area contributed by atoms with Gasteiger partial charge in [-0.2, -0.15) is 0 Å². The van der Waals surface area contributed by atoms with E-state index in [0.29, 0.717) is 37.4 Å². The summed E-state index contributed by atoms with van der Waals surface area (Å²) in [6, 6.07) is 6.01. The standard InChI is InChI=1S/C18H15F2N5O3/c19-11-1-2-13(20)15(7-11)23-3-5-24(6-4-23)16-9-14-12(8-17(16)25(27)28)18(26)22-10-21-14/h1-2,7-10H,3-6H2,(H,21,22,26). The van der Waals surface area contributed by atoms with Crippen LogP contribution in [-0.2, 0) is 0 Å². The van der Waals surface area contributed by atoms with Gasteiger partial charge in [-0.1, -0.05) is 0 Å². The zero-order valence-corrected chi connectivity index (χ0v) is 14.6. The lowest BCUT2D eigenvalue weighted by molar-refractivity contribution is -0.384. The largest absolute Gasteiger partial charge is 0.366 e. The Morgan fingerprint density at radius 1 is 1.04 bits per heavy atom. The lowest BCUT2D eigenvalue weighted by atomic mass is 10.1. The molecule has 0 amide bonds. The van der Waals surface area contributed by atoms with Gasteiger partial charge < -0.3 is 14.8 Å². The summed E-state index contributed by atoms with van der Waals surface area (Å²) >= 11 is 0. The number of aromatic amines is 1. The molecule has 0 unspecified atom stereocenters. The second-order valence-electron chi connectivity index (χ2n) is 6.42. The number of anilines is 2. The Morgan fingerprint density at radius 2 is 1.71 bits per heavy atom. The molecule has 2 heterocycles. The summed E-state index contributed by atoms with van der Waals surface area (Å²) in [6.07, 6.45) is 1.24. The van der Waals surface area contributed by atoms with Gasteiger partial charge in [-0.25, -0.2) is 13.8 Å². The second kappa shape index (κ2) is 6.87. The fraction of sp³-hybridized carbons (Fsp3) is 0.222. The number of halogens is 2. The van der Waals surface area contributed by atoms with Crippen molar-refractivity contribution in [3.8, 4) is 0 Å². The predicted octanol–water partition coefficient (Wildman–Crippen LogP) is 2.44. The molecule has 28 heavy (non-hydrogen) atoms. The average Bonchev–Trinajstić information content (AvgIpc) is 2.69. The highest BCUT2D eigenvalue weighted by Gasteiger charge is 2.26. The number of piperazine rings is 1. The van der Waals surface area contributed by atoms with Crippen LogP contribution in [0.15, 0.2) is 41.5 Å². The van der Waals surface area contributed by atoms with Crippen LogP contribution >= 0.6 is 0 Å². The molecule has 1 fully saturated rings. The fourth-order valence-electron chi connectivity index (χ4n) is 3.41. The lowest BCUT2D eigenvalue weighted by Crippen LogP contribution is -2.47. The van der Waals surface area contributed by atoms with Crippen LogP contribution in [0.3, 0.4) is 0 Å². The smallest absolute Gasteiger partial charge is 0.293 e. The summed E-state index contributed by atoms with van der Waals surface area (Å²) in [5, 5.41) is 11.7. The van der Waals surface area contributed by atoms with Crippen molar-refractivity contribution in [1.82, 2.24) is 9.97 Å². The molecule has 1 aromatic heterocycles. The minimum atomic E-state index is -0.542. The Morgan fingerprint density at radius 3 is 2.39 bits per heavy atom. The van der Waals surface area contributed by atoms with E-state index in [1.165, 1.54) is 18.5 Å². The van der Waals surface area contributed by atoms with Crippen molar-refractivity contribution >= 4 is 28.0 Å². The molecule has 1 saturated heterocycles. The molecular formula is C18H15F2N5O3. The first kappa shape index (κ1) is 17.8. The highest BCUT2D eigenvalue weighted by atomic mass is 19.1. The van der Waals surface area contributed by atoms with Crippen molar-refractivity contribution in [2.24, 2.45) is 0 Å². The number of nitrogens with zero attached hydrogens (tertiary/aromatic N) is 4. The van der Waals surface area contributed by atoms with Gasteiger partial charge in [-0.05, 0) is 18.2 Å². The van der Waals surface area contributed by atoms with Crippen molar-refractivity contribution in [1.29, 1.82) is 0 Å². The molecule has 0 spiro atoms. The highest BCUT2D eigenvalue weighted by Crippen LogP contribution is 2.32. The predicted molar refractivity (Wildman–Crippen MR) is 99.8 cm³/mol. The maximum atomic E-state index is 14.0. The summed E-state index contributed by atoms with van der Waals surface area (Å²) in [6.45, 7) is 1.45. The first-order chi connectivity index (χ1) is 13.4. The molecule has 0 atom stereocenters. The topological polar surface area (TPSA) is 95.4 Å². The van der Waals surface area contributed by atoms with Crippen molar-refractivity contribution in [3.05, 3.63) is 68.8 Å². The number of rotatable bonds is 3. The number of aromatic nitrogens is 2. The van der Waals surface area contributed by atoms with Gasteiger partial charge in [0.15, 0.2) is 0 Å². The number of fused-ring (bicyclic) bond motifs is 1. The van der Waals surface area contributed by atoms with Crippen LogP contribution in [0.1, 0.15) is 0 Å². The van der Waals surface area contributed by atoms with Gasteiger partial charge >= 0.3 is 0 Å². The molecule has 8 nitrogen and oxygen atoms in total. The van der Waals surface area contributed by atoms with Crippen LogP contribution in [0.2, 0.25) is 0 Å². The second-order valence-corrected chi connectivity index (χ2v) is 6.42. The molecule has 0 radical (unpaired) electrons. The third kappa shape index (κ3) is 3.13. The summed E-state index contributed by atoms with van der Waals surface area (Å²) in [7, 11) is 0. The zero-order chi connectivity index (χ0) is 19.8. The number of nitro benzene ring substituents is 1. The third-order valence-electron chi connectivity index (χ3n) is 4.80. The number of hydrogen-bond acceptors (Lipinski definition) is 6. The Kier molecular flexibility index (Phi) is 4.38. The lowest BCUT2D eigenvalue weighted by Gasteiger charge is -2.37. The first-order valence-electron chi connectivity index (χ1n) is 8.55. The van der Waals surface area contributed by atoms with E-state index in [4.69, 9.17) is 0 Å². The number of nitro groups is 1. The molecule has 1 aliphatic rings. The van der Waals surface area contributed by atoms with Crippen LogP contribution in [0, 0.1) is 21.7 Å². The molecule has 3 aromatic rings. The fourth-order valence-corrected chi connectivity index (χ4v) is 3.41. The van der Waals surface area contributed by atoms with E-state index >= 15 is 0 Å². The normalized spacial score (nSPS) is 14.5. The van der Waals surface area contributed by atoms with Crippen LogP contribution in [-0.4, -0.2) is 41.1 Å². The Hall–Kier alpha value is -3.56. The number of benzene rings is 2. The van der Waals surface area contributed by atoms with Crippen LogP contribution in [0.5, 0.6) is 0 Å². The molecule has 2 aromatic carbocycles. The number of H-pyrrole nitrogens is 1. The quantitative estimate of drug-likeness (QED) is 0.548. The van der Waals surface area contributed by atoms with Gasteiger partial charge in [0.25, 0.3) is 11.2 Å². The van der Waals surface area contributed by atoms with E-state index in [0.717, 1.165) is 18.2 Å². The van der Waals surface area contributed by atoms with Crippen molar-refractivity contribution in [3.63, 3.8) is 0 Å². The van der Waals surface area contributed by atoms with Crippen molar-refractivity contribution < 1.29 is 13.7 Å². The van der Waals surface area contributed by atoms with Gasteiger partial charge in [-0.3, -0.25) is 14.9 Å². The first-order valence-corrected chi connectivity index (χ1v) is 8.55. The monoisotopic (exact) mass is 387 g/mol. The SMILES string of the molecule is O=c1[nH]cnc2cc(N3CCN(c4cc(F)ccc4F)CC3)c([N+](=O)[O-])cc12. The van der Waals surface area contributed by atoms with E-state index in [1.54, 1.807) is 9.80 Å². The Balaban J connectivity index is 1.65. The molecule has 10 heteroatoms. The van der Waals surface area contributed by atoms with E-state index in [9.17, 15) is 23.7 Å². The van der Waals surface area contributed by atoms with Crippen molar-refractivity contribution in [2.45, 2.75) is 0 Å². The van der Waals surface area contributed by atoms with E-state index in [-0.39, 0.29) is 16.8 Å². The van der Waals surface area contributed by atoms with E-state index in [1.807, 2.05) is 0 Å². The summed E-state index contributed by atoms with van der Waals surface area (Å²) in [4.78, 5) is 32.8. The minimum absolute atomic E-state index is 0.137.